The maximum absolute atomic E-state index is 12.8. The minimum atomic E-state index is -0.965. The van der Waals surface area contributed by atoms with Crippen LogP contribution < -0.4 is 10.5 Å². The minimum Gasteiger partial charge on any atom is -0.490 e. The summed E-state index contributed by atoms with van der Waals surface area (Å²) in [7, 11) is 0. The second-order valence-corrected chi connectivity index (χ2v) is 7.86. The molecule has 0 spiro atoms. The van der Waals surface area contributed by atoms with Crippen LogP contribution >= 0.6 is 11.6 Å². The molecule has 2 unspecified atom stereocenters. The van der Waals surface area contributed by atoms with Crippen molar-refractivity contribution < 1.29 is 23.8 Å². The SMILES string of the molecule is NC(=O)CC1(COc2ccc(Cl)cc2)CN(C(=O)CC2CCCCO2)CCO1. The number of hydrogen-bond acceptors (Lipinski definition) is 5. The van der Waals surface area contributed by atoms with Gasteiger partial charge in [-0.05, 0) is 43.5 Å². The predicted octanol–water partition coefficient (Wildman–Crippen LogP) is 2.15. The molecular weight excluding hydrogens is 384 g/mol. The fraction of sp³-hybridized carbons (Fsp3) is 0.600. The molecule has 2 saturated heterocycles. The summed E-state index contributed by atoms with van der Waals surface area (Å²) in [4.78, 5) is 26.2. The maximum atomic E-state index is 12.8. The molecule has 2 amide bonds. The monoisotopic (exact) mass is 410 g/mol. The summed E-state index contributed by atoms with van der Waals surface area (Å²) in [6.45, 7) is 1.89. The van der Waals surface area contributed by atoms with E-state index in [0.29, 0.717) is 37.0 Å². The number of hydrogen-bond donors (Lipinski definition) is 1. The molecule has 0 aliphatic carbocycles. The molecule has 8 heteroatoms. The zero-order valence-electron chi connectivity index (χ0n) is 15.9. The Balaban J connectivity index is 1.64. The van der Waals surface area contributed by atoms with Crippen LogP contribution in [0, 0.1) is 0 Å². The number of morpholine rings is 1. The number of carbonyl (C=O) groups excluding carboxylic acids is 2. The van der Waals surface area contributed by atoms with Crippen LogP contribution in [0.4, 0.5) is 0 Å². The summed E-state index contributed by atoms with van der Waals surface area (Å²) in [5.74, 6) is 0.121. The summed E-state index contributed by atoms with van der Waals surface area (Å²) >= 11 is 5.89. The number of benzene rings is 1. The minimum absolute atomic E-state index is 0.00976. The average Bonchev–Trinajstić information content (AvgIpc) is 2.68. The number of primary amides is 1. The fourth-order valence-corrected chi connectivity index (χ4v) is 3.78. The lowest BCUT2D eigenvalue weighted by atomic mass is 9.96. The first kappa shape index (κ1) is 20.9. The van der Waals surface area contributed by atoms with E-state index in [9.17, 15) is 9.59 Å². The van der Waals surface area contributed by atoms with E-state index in [2.05, 4.69) is 0 Å². The van der Waals surface area contributed by atoms with E-state index >= 15 is 0 Å². The van der Waals surface area contributed by atoms with Crippen LogP contribution in [0.5, 0.6) is 5.75 Å². The molecule has 3 rings (SSSR count). The molecule has 2 atom stereocenters. The van der Waals surface area contributed by atoms with Crippen LogP contribution in [0.3, 0.4) is 0 Å². The smallest absolute Gasteiger partial charge is 0.225 e. The van der Waals surface area contributed by atoms with Gasteiger partial charge in [-0.3, -0.25) is 9.59 Å². The van der Waals surface area contributed by atoms with Crippen LogP contribution in [0.2, 0.25) is 5.02 Å². The topological polar surface area (TPSA) is 91.1 Å². The van der Waals surface area contributed by atoms with Gasteiger partial charge >= 0.3 is 0 Å². The summed E-state index contributed by atoms with van der Waals surface area (Å²) in [5, 5.41) is 0.606. The van der Waals surface area contributed by atoms with E-state index in [1.807, 2.05) is 0 Å². The number of nitrogens with zero attached hydrogens (tertiary/aromatic N) is 1. The van der Waals surface area contributed by atoms with Gasteiger partial charge in [0, 0.05) is 18.2 Å². The Morgan fingerprint density at radius 1 is 1.25 bits per heavy atom. The molecule has 28 heavy (non-hydrogen) atoms. The molecule has 2 aliphatic rings. The Morgan fingerprint density at radius 2 is 2.04 bits per heavy atom. The Labute approximate surface area is 170 Å². The zero-order valence-corrected chi connectivity index (χ0v) is 16.7. The quantitative estimate of drug-likeness (QED) is 0.743. The lowest BCUT2D eigenvalue weighted by Crippen LogP contribution is -2.58. The van der Waals surface area contributed by atoms with Gasteiger partial charge in [-0.15, -0.1) is 0 Å². The molecule has 2 fully saturated rings. The third-order valence-corrected chi connectivity index (χ3v) is 5.34. The van der Waals surface area contributed by atoms with Gasteiger partial charge in [0.1, 0.15) is 18.0 Å². The molecule has 0 aromatic heterocycles. The van der Waals surface area contributed by atoms with Gasteiger partial charge < -0.3 is 24.8 Å². The predicted molar refractivity (Wildman–Crippen MR) is 104 cm³/mol. The Morgan fingerprint density at radius 3 is 2.71 bits per heavy atom. The first-order valence-corrected chi connectivity index (χ1v) is 10.0. The summed E-state index contributed by atoms with van der Waals surface area (Å²) in [6, 6.07) is 6.93. The van der Waals surface area contributed by atoms with Crippen molar-refractivity contribution in [3.8, 4) is 5.75 Å². The molecule has 0 bridgehead atoms. The van der Waals surface area contributed by atoms with Crippen LogP contribution in [-0.2, 0) is 19.1 Å². The summed E-state index contributed by atoms with van der Waals surface area (Å²) < 4.78 is 17.4. The van der Waals surface area contributed by atoms with E-state index in [0.717, 1.165) is 19.3 Å². The van der Waals surface area contributed by atoms with Crippen molar-refractivity contribution in [3.63, 3.8) is 0 Å². The molecule has 154 valence electrons. The number of amides is 2. The molecule has 2 heterocycles. The Kier molecular flexibility index (Phi) is 7.15. The maximum Gasteiger partial charge on any atom is 0.225 e. The lowest BCUT2D eigenvalue weighted by Gasteiger charge is -2.42. The van der Waals surface area contributed by atoms with Gasteiger partial charge in [0.25, 0.3) is 0 Å². The van der Waals surface area contributed by atoms with Gasteiger partial charge in [-0.1, -0.05) is 11.6 Å². The fourth-order valence-electron chi connectivity index (χ4n) is 3.66. The molecular formula is C20H27ClN2O5. The number of carbonyl (C=O) groups is 2. The molecule has 2 N–H and O–H groups in total. The van der Waals surface area contributed by atoms with Gasteiger partial charge in [-0.2, -0.15) is 0 Å². The molecule has 7 nitrogen and oxygen atoms in total. The van der Waals surface area contributed by atoms with E-state index in [4.69, 9.17) is 31.5 Å². The van der Waals surface area contributed by atoms with Crippen molar-refractivity contribution in [2.45, 2.75) is 43.8 Å². The van der Waals surface area contributed by atoms with Crippen molar-refractivity contribution in [1.82, 2.24) is 4.90 Å². The molecule has 0 saturated carbocycles. The van der Waals surface area contributed by atoms with Crippen LogP contribution in [0.15, 0.2) is 24.3 Å². The second kappa shape index (κ2) is 9.58. The zero-order chi connectivity index (χ0) is 20.0. The molecule has 1 aromatic rings. The molecule has 0 radical (unpaired) electrons. The van der Waals surface area contributed by atoms with Crippen molar-refractivity contribution in [2.75, 3.05) is 32.9 Å². The number of ether oxygens (including phenoxy) is 3. The third-order valence-electron chi connectivity index (χ3n) is 5.09. The number of nitrogens with two attached hydrogens (primary N) is 1. The van der Waals surface area contributed by atoms with Gasteiger partial charge in [-0.25, -0.2) is 0 Å². The summed E-state index contributed by atoms with van der Waals surface area (Å²) in [6.07, 6.45) is 3.34. The highest BCUT2D eigenvalue weighted by atomic mass is 35.5. The standard InChI is InChI=1S/C20H27ClN2O5/c21-15-4-6-16(7-5-15)27-14-20(12-18(22)24)13-23(8-10-28-20)19(25)11-17-3-1-2-9-26-17/h4-7,17H,1-3,8-14H2,(H2,22,24). The molecule has 2 aliphatic heterocycles. The third kappa shape index (κ3) is 5.83. The first-order chi connectivity index (χ1) is 13.5. The highest BCUT2D eigenvalue weighted by Gasteiger charge is 2.41. The number of rotatable bonds is 7. The van der Waals surface area contributed by atoms with E-state index in [1.165, 1.54) is 0 Å². The highest BCUT2D eigenvalue weighted by Crippen LogP contribution is 2.26. The first-order valence-electron chi connectivity index (χ1n) is 9.66. The average molecular weight is 411 g/mol. The van der Waals surface area contributed by atoms with Crippen molar-refractivity contribution in [1.29, 1.82) is 0 Å². The lowest BCUT2D eigenvalue weighted by molar-refractivity contribution is -0.163. The van der Waals surface area contributed by atoms with Crippen molar-refractivity contribution >= 4 is 23.4 Å². The van der Waals surface area contributed by atoms with E-state index in [1.54, 1.807) is 29.2 Å². The Hall–Kier alpha value is -1.83. The Bertz CT molecular complexity index is 678. The van der Waals surface area contributed by atoms with Crippen LogP contribution in [0.25, 0.3) is 0 Å². The van der Waals surface area contributed by atoms with Gasteiger partial charge in [0.2, 0.25) is 11.8 Å². The van der Waals surface area contributed by atoms with Gasteiger partial charge in [0.15, 0.2) is 0 Å². The van der Waals surface area contributed by atoms with E-state index in [-0.39, 0.29) is 31.6 Å². The van der Waals surface area contributed by atoms with Crippen LogP contribution in [0.1, 0.15) is 32.1 Å². The molecule has 1 aromatic carbocycles. The summed E-state index contributed by atoms with van der Waals surface area (Å²) in [5.41, 5.74) is 4.49. The van der Waals surface area contributed by atoms with Crippen molar-refractivity contribution in [3.05, 3.63) is 29.3 Å². The van der Waals surface area contributed by atoms with E-state index < -0.39 is 11.5 Å². The van der Waals surface area contributed by atoms with Crippen molar-refractivity contribution in [2.24, 2.45) is 5.73 Å². The number of halogens is 1. The second-order valence-electron chi connectivity index (χ2n) is 7.43. The normalized spacial score (nSPS) is 25.3. The highest BCUT2D eigenvalue weighted by molar-refractivity contribution is 6.30. The van der Waals surface area contributed by atoms with Gasteiger partial charge in [0.05, 0.1) is 32.1 Å². The van der Waals surface area contributed by atoms with Crippen LogP contribution in [-0.4, -0.2) is 61.3 Å². The largest absolute Gasteiger partial charge is 0.490 e.